The average molecular weight is 1480 g/mol. The highest BCUT2D eigenvalue weighted by molar-refractivity contribution is 7.91. The maximum atomic E-state index is 13.8. The first kappa shape index (κ1) is 93.0. The third-order valence-corrected chi connectivity index (χ3v) is 22.6. The van der Waals surface area contributed by atoms with Crippen LogP contribution in [0.4, 0.5) is 0 Å². The number of ether oxygens (including phenoxy) is 9. The summed E-state index contributed by atoms with van der Waals surface area (Å²) in [6.45, 7) is 37.1. The lowest BCUT2D eigenvalue weighted by atomic mass is 9.79. The van der Waals surface area contributed by atoms with Crippen molar-refractivity contribution >= 4 is 49.5 Å². The fraction of sp³-hybridized carbons (Fsp3) is 0.654. The molecule has 0 radical (unpaired) electrons. The standard InChI is InChI=1S/C42H58O11S.C21H34O4S.C14H24O3.C3H6O2.CH4/c1-28(25-50-39(44)31-16-11-9-12-17-31)22-35-29(2)34(27-54(46,47)33-19-13-10-14-20-33)37(52-35)23-36-30(3)42(7,53-38(43)26-48-8)24-32(51-36)18-15-21-49-40(45)41(4,5)6;1-6-15(2)12-20-17(4)19(21(25-20)13-16(3)24-5)14-26(22,23)18-10-8-7-9-11-18;1-6-11(2)10-12(15)8-7-9-17-13(16)14(3,4)5;1-2-3(4)5;/h9-14,16-17,19-20,28-29,32,34-37H,3,15,18,21-27H2,1-2,4-8H3;7-11,15-17,19-21H,6,12-14H2,1-5H3;12,15H,1,7-10H2,2-5H3;2H2,1H3,(H,4,5);1H4/t28-,29+,32-,34+,35+,36+,37?,42+;15-,16?,17-,19-,20-,21+;12-;;/m010../s1. The minimum atomic E-state index is -3.69. The van der Waals surface area contributed by atoms with Crippen LogP contribution >= 0.6 is 0 Å². The Labute approximate surface area is 617 Å². The summed E-state index contributed by atoms with van der Waals surface area (Å²) in [4.78, 5) is 59.2. The first-order valence-corrected chi connectivity index (χ1v) is 39.3. The molecule has 3 aromatic carbocycles. The van der Waals surface area contributed by atoms with Crippen LogP contribution in [0.1, 0.15) is 199 Å². The number of aliphatic carboxylic acids is 1. The van der Waals surface area contributed by atoms with E-state index in [2.05, 4.69) is 39.7 Å². The van der Waals surface area contributed by atoms with Crippen LogP contribution in [0.2, 0.25) is 0 Å². The molecule has 0 saturated carbocycles. The Morgan fingerprint density at radius 1 is 0.689 bits per heavy atom. The summed E-state index contributed by atoms with van der Waals surface area (Å²) >= 11 is 0. The summed E-state index contributed by atoms with van der Waals surface area (Å²) in [6, 6.07) is 25.9. The molecule has 0 amide bonds. The van der Waals surface area contributed by atoms with Crippen LogP contribution in [-0.4, -0.2) is 163 Å². The molecular formula is C81H126O20S2. The fourth-order valence-corrected chi connectivity index (χ4v) is 15.8. The minimum absolute atomic E-state index is 0. The summed E-state index contributed by atoms with van der Waals surface area (Å²) < 4.78 is 106. The van der Waals surface area contributed by atoms with E-state index < -0.39 is 78.2 Å². The summed E-state index contributed by atoms with van der Waals surface area (Å²) in [5.74, 6) is -2.05. The first-order valence-electron chi connectivity index (χ1n) is 36.0. The zero-order chi connectivity index (χ0) is 76.8. The van der Waals surface area contributed by atoms with E-state index in [0.29, 0.717) is 73.5 Å². The highest BCUT2D eigenvalue weighted by atomic mass is 32.2. The summed E-state index contributed by atoms with van der Waals surface area (Å²) in [6.07, 6.45) is 4.92. The smallest absolute Gasteiger partial charge is 0.338 e. The Morgan fingerprint density at radius 3 is 1.61 bits per heavy atom. The van der Waals surface area contributed by atoms with Crippen molar-refractivity contribution in [3.05, 3.63) is 127 Å². The molecule has 0 spiro atoms. The molecule has 3 saturated heterocycles. The lowest BCUT2D eigenvalue weighted by molar-refractivity contribution is -0.173. The van der Waals surface area contributed by atoms with Gasteiger partial charge in [0.25, 0.3) is 0 Å². The van der Waals surface area contributed by atoms with Gasteiger partial charge in [-0.25, -0.2) is 26.4 Å². The van der Waals surface area contributed by atoms with Gasteiger partial charge in [0.1, 0.15) is 12.2 Å². The number of sulfone groups is 2. The van der Waals surface area contributed by atoms with Crippen molar-refractivity contribution in [1.29, 1.82) is 0 Å². The lowest BCUT2D eigenvalue weighted by Gasteiger charge is -2.44. The molecule has 20 nitrogen and oxygen atoms in total. The van der Waals surface area contributed by atoms with Gasteiger partial charge in [-0.1, -0.05) is 123 Å². The Morgan fingerprint density at radius 2 is 1.16 bits per heavy atom. The van der Waals surface area contributed by atoms with E-state index in [1.165, 1.54) is 7.11 Å². The normalized spacial score (nSPS) is 23.7. The molecular weight excluding hydrogens is 1360 g/mol. The number of carboxylic acids is 1. The predicted molar refractivity (Wildman–Crippen MR) is 402 cm³/mol. The first-order chi connectivity index (χ1) is 47.7. The van der Waals surface area contributed by atoms with Crippen LogP contribution in [0.15, 0.2) is 131 Å². The molecule has 3 aliphatic heterocycles. The SMILES string of the molecule is C.C=C1[C@@H](CC2O[C@H](C[C@H](C)COC(=O)c3ccccc3)[C@H](C)[C@H]2CS(=O)(=O)c2ccccc2)O[C@@H](CCCOC(=O)C(C)(C)C)C[C@@]1(C)OC(=O)COC.C=C=C(C)C[C@@H](O)CCCOC(=O)C(C)(C)C.CCC(=O)O.CC[C@@H](C)C[C@H]1O[C@@H](CC(C)OC)[C@H](CS(=O)(=O)c2ccccc2)[C@H]1C. The lowest BCUT2D eigenvalue weighted by Crippen LogP contribution is -2.49. The number of rotatable bonds is 33. The molecule has 103 heavy (non-hydrogen) atoms. The van der Waals surface area contributed by atoms with Crippen LogP contribution in [0.5, 0.6) is 0 Å². The number of aliphatic hydroxyl groups is 1. The van der Waals surface area contributed by atoms with Crippen LogP contribution in [0.25, 0.3) is 0 Å². The van der Waals surface area contributed by atoms with Crippen LogP contribution < -0.4 is 0 Å². The van der Waals surface area contributed by atoms with E-state index in [1.807, 2.05) is 67.5 Å². The number of methoxy groups -OCH3 is 2. The van der Waals surface area contributed by atoms with Crippen molar-refractivity contribution in [2.24, 2.45) is 46.3 Å². The van der Waals surface area contributed by atoms with Gasteiger partial charge in [0.05, 0.1) is 106 Å². The molecule has 22 heteroatoms. The number of benzene rings is 3. The Hall–Kier alpha value is -6.07. The third kappa shape index (κ3) is 32.3. The van der Waals surface area contributed by atoms with Gasteiger partial charge < -0.3 is 52.8 Å². The molecule has 15 atom stereocenters. The summed E-state index contributed by atoms with van der Waals surface area (Å²) in [5, 5.41) is 17.4. The summed E-state index contributed by atoms with van der Waals surface area (Å²) in [5.41, 5.74) is 2.53. The van der Waals surface area contributed by atoms with Crippen LogP contribution in [0.3, 0.4) is 0 Å². The Balaban J connectivity index is 0.000000603. The van der Waals surface area contributed by atoms with Gasteiger partial charge in [0, 0.05) is 51.7 Å². The number of carboxylic acid groups (broad SMARTS) is 1. The molecule has 2 unspecified atom stereocenters. The minimum Gasteiger partial charge on any atom is -0.481 e. The maximum Gasteiger partial charge on any atom is 0.338 e. The van der Waals surface area contributed by atoms with E-state index in [9.17, 15) is 45.9 Å². The molecule has 3 fully saturated rings. The maximum absolute atomic E-state index is 13.8. The molecule has 3 heterocycles. The van der Waals surface area contributed by atoms with E-state index in [0.717, 1.165) is 24.8 Å². The Kier molecular flexibility index (Phi) is 40.4. The second-order valence-corrected chi connectivity index (χ2v) is 34.0. The van der Waals surface area contributed by atoms with Gasteiger partial charge in [-0.15, -0.1) is 5.73 Å². The molecule has 2 N–H and O–H groups in total. The molecule has 3 aliphatic rings. The molecule has 582 valence electrons. The van der Waals surface area contributed by atoms with Crippen molar-refractivity contribution in [1.82, 2.24) is 0 Å². The van der Waals surface area contributed by atoms with Crippen molar-refractivity contribution in [3.8, 4) is 0 Å². The zero-order valence-corrected chi connectivity index (χ0v) is 65.6. The number of hydrogen-bond acceptors (Lipinski definition) is 19. The fourth-order valence-electron chi connectivity index (χ4n) is 12.2. The highest BCUT2D eigenvalue weighted by Crippen LogP contribution is 2.45. The number of aliphatic hydroxyl groups excluding tert-OH is 1. The highest BCUT2D eigenvalue weighted by Gasteiger charge is 2.50. The second-order valence-electron chi connectivity index (χ2n) is 30.0. The van der Waals surface area contributed by atoms with Gasteiger partial charge in [-0.3, -0.25) is 14.4 Å². The van der Waals surface area contributed by atoms with E-state index in [4.69, 9.17) is 47.7 Å². The van der Waals surface area contributed by atoms with Crippen molar-refractivity contribution < 1.29 is 93.7 Å². The second kappa shape index (κ2) is 44.8. The molecule has 0 aromatic heterocycles. The van der Waals surface area contributed by atoms with Gasteiger partial charge in [0.2, 0.25) is 0 Å². The predicted octanol–water partition coefficient (Wildman–Crippen LogP) is 15.1. The van der Waals surface area contributed by atoms with E-state index >= 15 is 0 Å². The van der Waals surface area contributed by atoms with Crippen molar-refractivity contribution in [2.45, 2.75) is 253 Å². The Bertz CT molecular complexity index is 3320. The number of carbonyl (C=O) groups excluding carboxylic acids is 4. The number of esters is 4. The third-order valence-electron chi connectivity index (χ3n) is 18.9. The van der Waals surface area contributed by atoms with Crippen LogP contribution in [0, 0.1) is 46.3 Å². The topological polar surface area (TPSA) is 277 Å². The quantitative estimate of drug-likeness (QED) is 0.0188. The van der Waals surface area contributed by atoms with Crippen LogP contribution in [-0.2, 0) is 81.5 Å². The molecule has 0 bridgehead atoms. The zero-order valence-electron chi connectivity index (χ0n) is 63.9. The number of carbonyl (C=O) groups is 5. The monoisotopic (exact) mass is 1480 g/mol. The molecule has 0 aliphatic carbocycles. The summed E-state index contributed by atoms with van der Waals surface area (Å²) in [7, 11) is -3.92. The molecule has 6 rings (SSSR count). The van der Waals surface area contributed by atoms with Gasteiger partial charge in [0.15, 0.2) is 19.7 Å². The van der Waals surface area contributed by atoms with Gasteiger partial charge in [-0.05, 0) is 178 Å². The van der Waals surface area contributed by atoms with E-state index in [1.54, 1.807) is 114 Å². The van der Waals surface area contributed by atoms with Crippen molar-refractivity contribution in [3.63, 3.8) is 0 Å². The van der Waals surface area contributed by atoms with Gasteiger partial charge >= 0.3 is 29.8 Å². The van der Waals surface area contributed by atoms with Crippen molar-refractivity contribution in [2.75, 3.05) is 52.2 Å². The molecule has 3 aromatic rings. The number of hydrogen-bond donors (Lipinski definition) is 2. The largest absolute Gasteiger partial charge is 0.481 e. The average Bonchev–Trinajstić information content (AvgIpc) is 1.67. The van der Waals surface area contributed by atoms with E-state index in [-0.39, 0.29) is 123 Å². The van der Waals surface area contributed by atoms with Gasteiger partial charge in [-0.2, -0.15) is 0 Å².